The van der Waals surface area contributed by atoms with Gasteiger partial charge in [0.05, 0.1) is 12.7 Å². The van der Waals surface area contributed by atoms with Crippen LogP contribution in [-0.2, 0) is 0 Å². The Bertz CT molecular complexity index is 725. The van der Waals surface area contributed by atoms with Gasteiger partial charge in [0.15, 0.2) is 0 Å². The van der Waals surface area contributed by atoms with E-state index in [1.54, 1.807) is 25.6 Å². The van der Waals surface area contributed by atoms with Crippen LogP contribution >= 0.6 is 0 Å². The Balaban J connectivity index is 1.74. The number of aryl methyl sites for hydroxylation is 2. The van der Waals surface area contributed by atoms with Crippen LogP contribution in [0.5, 0.6) is 5.75 Å². The predicted octanol–water partition coefficient (Wildman–Crippen LogP) is 2.06. The zero-order valence-electron chi connectivity index (χ0n) is 14.3. The lowest BCUT2D eigenvalue weighted by atomic mass is 10.0. The molecule has 2 heterocycles. The number of carbonyl (C=O) groups is 1. The number of benzene rings is 1. The summed E-state index contributed by atoms with van der Waals surface area (Å²) in [5.74, 6) is 1.39. The predicted molar refractivity (Wildman–Crippen MR) is 92.6 cm³/mol. The highest BCUT2D eigenvalue weighted by Crippen LogP contribution is 2.26. The van der Waals surface area contributed by atoms with Gasteiger partial charge in [-0.1, -0.05) is 6.07 Å². The van der Waals surface area contributed by atoms with Crippen molar-refractivity contribution in [2.75, 3.05) is 38.2 Å². The number of hydrogen-bond donors (Lipinski definition) is 0. The minimum absolute atomic E-state index is 0.0259. The molecule has 126 valence electrons. The molecule has 0 saturated carbocycles. The number of anilines is 1. The second kappa shape index (κ2) is 6.86. The Morgan fingerprint density at radius 2 is 1.75 bits per heavy atom. The summed E-state index contributed by atoms with van der Waals surface area (Å²) < 4.78 is 5.43. The van der Waals surface area contributed by atoms with E-state index in [9.17, 15) is 4.79 Å². The third kappa shape index (κ3) is 3.18. The normalized spacial score (nSPS) is 14.6. The van der Waals surface area contributed by atoms with Gasteiger partial charge >= 0.3 is 0 Å². The molecule has 0 atom stereocenters. The van der Waals surface area contributed by atoms with Crippen LogP contribution in [0.15, 0.2) is 30.6 Å². The van der Waals surface area contributed by atoms with Crippen molar-refractivity contribution in [1.82, 2.24) is 14.9 Å². The smallest absolute Gasteiger partial charge is 0.258 e. The maximum absolute atomic E-state index is 13.0. The molecule has 0 aliphatic carbocycles. The van der Waals surface area contributed by atoms with Gasteiger partial charge in [-0.05, 0) is 37.1 Å². The molecule has 1 aromatic carbocycles. The number of amides is 1. The first kappa shape index (κ1) is 16.2. The van der Waals surface area contributed by atoms with E-state index in [1.807, 2.05) is 30.9 Å². The summed E-state index contributed by atoms with van der Waals surface area (Å²) in [4.78, 5) is 25.5. The number of rotatable bonds is 3. The highest BCUT2D eigenvalue weighted by Gasteiger charge is 2.26. The second-order valence-electron chi connectivity index (χ2n) is 5.99. The van der Waals surface area contributed by atoms with E-state index in [0.717, 1.165) is 24.2 Å². The minimum atomic E-state index is 0.0259. The fourth-order valence-corrected chi connectivity index (χ4v) is 3.09. The van der Waals surface area contributed by atoms with E-state index in [1.165, 1.54) is 0 Å². The van der Waals surface area contributed by atoms with Gasteiger partial charge in [0.25, 0.3) is 5.91 Å². The molecule has 2 aromatic rings. The molecule has 1 fully saturated rings. The second-order valence-corrected chi connectivity index (χ2v) is 5.99. The van der Waals surface area contributed by atoms with E-state index in [-0.39, 0.29) is 5.91 Å². The van der Waals surface area contributed by atoms with Gasteiger partial charge in [0, 0.05) is 38.6 Å². The molecule has 0 unspecified atom stereocenters. The van der Waals surface area contributed by atoms with Gasteiger partial charge < -0.3 is 14.5 Å². The minimum Gasteiger partial charge on any atom is -0.496 e. The third-order valence-electron chi connectivity index (χ3n) is 4.28. The van der Waals surface area contributed by atoms with Crippen LogP contribution in [0.4, 0.5) is 5.95 Å². The van der Waals surface area contributed by atoms with Crippen molar-refractivity contribution in [3.63, 3.8) is 0 Å². The fourth-order valence-electron chi connectivity index (χ4n) is 3.09. The maximum atomic E-state index is 13.0. The summed E-state index contributed by atoms with van der Waals surface area (Å²) in [6.07, 6.45) is 3.47. The van der Waals surface area contributed by atoms with Crippen molar-refractivity contribution < 1.29 is 9.53 Å². The number of ether oxygens (including phenoxy) is 1. The van der Waals surface area contributed by atoms with Crippen molar-refractivity contribution in [3.05, 3.63) is 47.3 Å². The van der Waals surface area contributed by atoms with Crippen molar-refractivity contribution in [2.24, 2.45) is 0 Å². The molecule has 0 radical (unpaired) electrons. The Kier molecular flexibility index (Phi) is 4.64. The van der Waals surface area contributed by atoms with E-state index < -0.39 is 0 Å². The van der Waals surface area contributed by atoms with E-state index in [4.69, 9.17) is 4.74 Å². The first-order chi connectivity index (χ1) is 11.6. The summed E-state index contributed by atoms with van der Waals surface area (Å²) in [5.41, 5.74) is 2.70. The molecular formula is C18H22N4O2. The van der Waals surface area contributed by atoms with Crippen LogP contribution in [0.3, 0.4) is 0 Å². The number of piperazine rings is 1. The van der Waals surface area contributed by atoms with Crippen LogP contribution in [0, 0.1) is 13.8 Å². The van der Waals surface area contributed by atoms with Crippen molar-refractivity contribution >= 4 is 11.9 Å². The Labute approximate surface area is 142 Å². The van der Waals surface area contributed by atoms with Crippen molar-refractivity contribution in [1.29, 1.82) is 0 Å². The van der Waals surface area contributed by atoms with Crippen LogP contribution in [0.1, 0.15) is 21.5 Å². The Morgan fingerprint density at radius 1 is 1.08 bits per heavy atom. The summed E-state index contributed by atoms with van der Waals surface area (Å²) in [6, 6.07) is 5.73. The first-order valence-electron chi connectivity index (χ1n) is 8.06. The average Bonchev–Trinajstić information content (AvgIpc) is 2.61. The quantitative estimate of drug-likeness (QED) is 0.864. The van der Waals surface area contributed by atoms with Crippen LogP contribution in [0.25, 0.3) is 0 Å². The molecule has 0 bridgehead atoms. The number of nitrogens with zero attached hydrogens (tertiary/aromatic N) is 4. The first-order valence-corrected chi connectivity index (χ1v) is 8.06. The molecular weight excluding hydrogens is 304 g/mol. The molecule has 1 aliphatic heterocycles. The number of carbonyl (C=O) groups excluding carboxylic acids is 1. The SMILES string of the molecule is COc1cc(C)cc(C)c1C(=O)N1CCN(c2ncccn2)CC1. The van der Waals surface area contributed by atoms with Gasteiger partial charge in [0.1, 0.15) is 5.75 Å². The maximum Gasteiger partial charge on any atom is 0.258 e. The standard InChI is InChI=1S/C18H22N4O2/c1-13-11-14(2)16(15(12-13)24-3)17(23)21-7-9-22(10-8-21)18-19-5-4-6-20-18/h4-6,11-12H,7-10H2,1-3H3. The molecule has 1 aliphatic rings. The molecule has 6 heteroatoms. The van der Waals surface area contributed by atoms with Gasteiger partial charge in [0.2, 0.25) is 5.95 Å². The Morgan fingerprint density at radius 3 is 2.38 bits per heavy atom. The number of methoxy groups -OCH3 is 1. The molecule has 1 aromatic heterocycles. The third-order valence-corrected chi connectivity index (χ3v) is 4.28. The zero-order chi connectivity index (χ0) is 17.1. The monoisotopic (exact) mass is 326 g/mol. The van der Waals surface area contributed by atoms with Gasteiger partial charge in [-0.15, -0.1) is 0 Å². The van der Waals surface area contributed by atoms with Crippen LogP contribution in [0.2, 0.25) is 0 Å². The number of hydrogen-bond acceptors (Lipinski definition) is 5. The van der Waals surface area contributed by atoms with E-state index in [2.05, 4.69) is 14.9 Å². The summed E-state index contributed by atoms with van der Waals surface area (Å²) >= 11 is 0. The van der Waals surface area contributed by atoms with E-state index >= 15 is 0 Å². The zero-order valence-corrected chi connectivity index (χ0v) is 14.3. The summed E-state index contributed by atoms with van der Waals surface area (Å²) in [7, 11) is 1.61. The lowest BCUT2D eigenvalue weighted by Gasteiger charge is -2.35. The lowest BCUT2D eigenvalue weighted by molar-refractivity contribution is 0.0742. The lowest BCUT2D eigenvalue weighted by Crippen LogP contribution is -2.49. The molecule has 6 nitrogen and oxygen atoms in total. The van der Waals surface area contributed by atoms with Gasteiger partial charge in [-0.3, -0.25) is 4.79 Å². The van der Waals surface area contributed by atoms with Gasteiger partial charge in [-0.2, -0.15) is 0 Å². The topological polar surface area (TPSA) is 58.6 Å². The number of aromatic nitrogens is 2. The fraction of sp³-hybridized carbons (Fsp3) is 0.389. The summed E-state index contributed by atoms with van der Waals surface area (Å²) in [5, 5.41) is 0. The molecule has 0 spiro atoms. The molecule has 24 heavy (non-hydrogen) atoms. The van der Waals surface area contributed by atoms with E-state index in [0.29, 0.717) is 30.4 Å². The highest BCUT2D eigenvalue weighted by molar-refractivity contribution is 5.98. The van der Waals surface area contributed by atoms with Gasteiger partial charge in [-0.25, -0.2) is 9.97 Å². The van der Waals surface area contributed by atoms with Crippen LogP contribution in [-0.4, -0.2) is 54.1 Å². The van der Waals surface area contributed by atoms with Crippen molar-refractivity contribution in [2.45, 2.75) is 13.8 Å². The van der Waals surface area contributed by atoms with Crippen molar-refractivity contribution in [3.8, 4) is 5.75 Å². The molecule has 3 rings (SSSR count). The largest absolute Gasteiger partial charge is 0.496 e. The highest BCUT2D eigenvalue weighted by atomic mass is 16.5. The molecule has 1 amide bonds. The van der Waals surface area contributed by atoms with Crippen LogP contribution < -0.4 is 9.64 Å². The molecule has 0 N–H and O–H groups in total. The Hall–Kier alpha value is -2.63. The summed E-state index contributed by atoms with van der Waals surface area (Å²) in [6.45, 7) is 6.70. The molecule has 1 saturated heterocycles. The average molecular weight is 326 g/mol.